The molecule has 0 aromatic carbocycles. The molecule has 17 heavy (non-hydrogen) atoms. The summed E-state index contributed by atoms with van der Waals surface area (Å²) in [4.78, 5) is 0. The van der Waals surface area contributed by atoms with Crippen molar-refractivity contribution in [3.05, 3.63) is 28.8 Å². The molecule has 1 atom stereocenters. The summed E-state index contributed by atoms with van der Waals surface area (Å²) < 4.78 is 1.85. The van der Waals surface area contributed by atoms with Crippen molar-refractivity contribution >= 4 is 5.69 Å². The standard InChI is InChI=1S/C12H19N5/c1-7(11-6-17(5)16-8(11)2)13-12-9(3)14-15-10(12)4/h6-7,13H,1-5H3,(H,14,15). The Labute approximate surface area is 101 Å². The number of hydrogen-bond acceptors (Lipinski definition) is 3. The van der Waals surface area contributed by atoms with Crippen LogP contribution in [0.3, 0.4) is 0 Å². The molecule has 2 N–H and O–H groups in total. The van der Waals surface area contributed by atoms with Crippen LogP contribution in [-0.2, 0) is 7.05 Å². The van der Waals surface area contributed by atoms with Gasteiger partial charge in [-0.05, 0) is 27.7 Å². The molecule has 2 aromatic heterocycles. The Morgan fingerprint density at radius 3 is 2.47 bits per heavy atom. The van der Waals surface area contributed by atoms with E-state index < -0.39 is 0 Å². The summed E-state index contributed by atoms with van der Waals surface area (Å²) in [5.41, 5.74) is 5.42. The van der Waals surface area contributed by atoms with E-state index in [9.17, 15) is 0 Å². The molecule has 0 aliphatic rings. The van der Waals surface area contributed by atoms with Crippen LogP contribution in [0.2, 0.25) is 0 Å². The number of aryl methyl sites for hydroxylation is 4. The minimum atomic E-state index is 0.221. The minimum absolute atomic E-state index is 0.221. The first kappa shape index (κ1) is 11.7. The van der Waals surface area contributed by atoms with Gasteiger partial charge in [-0.15, -0.1) is 0 Å². The predicted molar refractivity (Wildman–Crippen MR) is 68.0 cm³/mol. The van der Waals surface area contributed by atoms with Gasteiger partial charge in [0.2, 0.25) is 0 Å². The number of H-pyrrole nitrogens is 1. The highest BCUT2D eigenvalue weighted by Crippen LogP contribution is 2.24. The summed E-state index contributed by atoms with van der Waals surface area (Å²) >= 11 is 0. The topological polar surface area (TPSA) is 58.5 Å². The van der Waals surface area contributed by atoms with Crippen molar-refractivity contribution in [1.29, 1.82) is 0 Å². The average molecular weight is 233 g/mol. The molecule has 5 heteroatoms. The molecule has 5 nitrogen and oxygen atoms in total. The fourth-order valence-electron chi connectivity index (χ4n) is 2.10. The maximum absolute atomic E-state index is 4.36. The molecule has 2 heterocycles. The predicted octanol–water partition coefficient (Wildman–Crippen LogP) is 2.24. The molecule has 0 aliphatic carbocycles. The monoisotopic (exact) mass is 233 g/mol. The van der Waals surface area contributed by atoms with Gasteiger partial charge in [0, 0.05) is 18.8 Å². The number of hydrogen-bond donors (Lipinski definition) is 2. The third kappa shape index (κ3) is 2.18. The van der Waals surface area contributed by atoms with Gasteiger partial charge in [-0.25, -0.2) is 0 Å². The van der Waals surface area contributed by atoms with E-state index in [4.69, 9.17) is 0 Å². The van der Waals surface area contributed by atoms with Gasteiger partial charge in [0.05, 0.1) is 28.8 Å². The van der Waals surface area contributed by atoms with Crippen molar-refractivity contribution in [3.8, 4) is 0 Å². The smallest absolute Gasteiger partial charge is 0.0825 e. The van der Waals surface area contributed by atoms with Crippen molar-refractivity contribution in [2.45, 2.75) is 33.7 Å². The lowest BCUT2D eigenvalue weighted by Crippen LogP contribution is -2.08. The first-order chi connectivity index (χ1) is 7.99. The first-order valence-electron chi connectivity index (χ1n) is 5.77. The molecule has 0 fully saturated rings. The van der Waals surface area contributed by atoms with Crippen LogP contribution >= 0.6 is 0 Å². The Hall–Kier alpha value is -1.78. The molecule has 1 unspecified atom stereocenters. The molecule has 2 rings (SSSR count). The molecule has 0 saturated carbocycles. The Balaban J connectivity index is 2.22. The summed E-state index contributed by atoms with van der Waals surface area (Å²) in [7, 11) is 1.94. The number of nitrogens with zero attached hydrogens (tertiary/aromatic N) is 3. The second-order valence-corrected chi connectivity index (χ2v) is 4.52. The van der Waals surface area contributed by atoms with E-state index in [1.165, 1.54) is 5.56 Å². The molecule has 0 amide bonds. The highest BCUT2D eigenvalue weighted by atomic mass is 15.3. The summed E-state index contributed by atoms with van der Waals surface area (Å²) in [5, 5.41) is 15.0. The molecular weight excluding hydrogens is 214 g/mol. The Morgan fingerprint density at radius 2 is 2.00 bits per heavy atom. The van der Waals surface area contributed by atoms with E-state index in [0.29, 0.717) is 0 Å². The Morgan fingerprint density at radius 1 is 1.29 bits per heavy atom. The van der Waals surface area contributed by atoms with E-state index in [0.717, 1.165) is 22.8 Å². The van der Waals surface area contributed by atoms with Crippen LogP contribution in [0.1, 0.15) is 35.6 Å². The number of aromatic amines is 1. The highest BCUT2D eigenvalue weighted by molar-refractivity contribution is 5.53. The number of anilines is 1. The fraction of sp³-hybridized carbons (Fsp3) is 0.500. The maximum Gasteiger partial charge on any atom is 0.0825 e. The molecule has 2 aromatic rings. The summed E-state index contributed by atoms with van der Waals surface area (Å²) in [5.74, 6) is 0. The van der Waals surface area contributed by atoms with Crippen LogP contribution in [0, 0.1) is 20.8 Å². The molecule has 0 bridgehead atoms. The van der Waals surface area contributed by atoms with Crippen molar-refractivity contribution in [1.82, 2.24) is 20.0 Å². The van der Waals surface area contributed by atoms with Crippen molar-refractivity contribution in [2.24, 2.45) is 7.05 Å². The number of rotatable bonds is 3. The third-order valence-corrected chi connectivity index (χ3v) is 3.01. The zero-order chi connectivity index (χ0) is 12.6. The zero-order valence-electron chi connectivity index (χ0n) is 11.0. The second kappa shape index (κ2) is 4.24. The Bertz CT molecular complexity index is 503. The normalized spacial score (nSPS) is 12.8. The largest absolute Gasteiger partial charge is 0.375 e. The van der Waals surface area contributed by atoms with Crippen LogP contribution in [0.4, 0.5) is 5.69 Å². The molecule has 0 saturated heterocycles. The SMILES string of the molecule is Cc1nn(C)cc1C(C)Nc1c(C)n[nH]c1C. The minimum Gasteiger partial charge on any atom is -0.375 e. The van der Waals surface area contributed by atoms with E-state index in [1.54, 1.807) is 0 Å². The van der Waals surface area contributed by atoms with Crippen LogP contribution in [0.25, 0.3) is 0 Å². The summed E-state index contributed by atoms with van der Waals surface area (Å²) in [6.07, 6.45) is 2.05. The third-order valence-electron chi connectivity index (χ3n) is 3.01. The van der Waals surface area contributed by atoms with Gasteiger partial charge in [0.25, 0.3) is 0 Å². The number of nitrogens with one attached hydrogen (secondary N) is 2. The lowest BCUT2D eigenvalue weighted by atomic mass is 10.1. The van der Waals surface area contributed by atoms with E-state index in [1.807, 2.05) is 32.5 Å². The lowest BCUT2D eigenvalue weighted by Gasteiger charge is -2.14. The molecule has 92 valence electrons. The lowest BCUT2D eigenvalue weighted by molar-refractivity contribution is 0.756. The van der Waals surface area contributed by atoms with Gasteiger partial charge in [0.1, 0.15) is 0 Å². The quantitative estimate of drug-likeness (QED) is 0.854. The Kier molecular flexibility index (Phi) is 2.92. The van der Waals surface area contributed by atoms with E-state index in [-0.39, 0.29) is 6.04 Å². The van der Waals surface area contributed by atoms with Crippen LogP contribution < -0.4 is 5.32 Å². The van der Waals surface area contributed by atoms with Gasteiger partial charge >= 0.3 is 0 Å². The average Bonchev–Trinajstić information content (AvgIpc) is 2.74. The fourth-order valence-corrected chi connectivity index (χ4v) is 2.10. The van der Waals surface area contributed by atoms with Gasteiger partial charge in [-0.3, -0.25) is 9.78 Å². The van der Waals surface area contributed by atoms with Crippen LogP contribution in [-0.4, -0.2) is 20.0 Å². The van der Waals surface area contributed by atoms with Gasteiger partial charge in [-0.2, -0.15) is 10.2 Å². The van der Waals surface area contributed by atoms with Gasteiger partial charge < -0.3 is 5.32 Å². The van der Waals surface area contributed by atoms with E-state index in [2.05, 4.69) is 33.7 Å². The maximum atomic E-state index is 4.36. The van der Waals surface area contributed by atoms with Crippen LogP contribution in [0.5, 0.6) is 0 Å². The number of aromatic nitrogens is 4. The van der Waals surface area contributed by atoms with Crippen LogP contribution in [0.15, 0.2) is 6.20 Å². The zero-order valence-corrected chi connectivity index (χ0v) is 11.0. The highest BCUT2D eigenvalue weighted by Gasteiger charge is 2.14. The first-order valence-corrected chi connectivity index (χ1v) is 5.77. The van der Waals surface area contributed by atoms with Crippen molar-refractivity contribution in [2.75, 3.05) is 5.32 Å². The summed E-state index contributed by atoms with van der Waals surface area (Å²) in [6.45, 7) is 8.18. The second-order valence-electron chi connectivity index (χ2n) is 4.52. The summed E-state index contributed by atoms with van der Waals surface area (Å²) in [6, 6.07) is 0.221. The molecule has 0 aliphatic heterocycles. The molecule has 0 radical (unpaired) electrons. The molecular formula is C12H19N5. The van der Waals surface area contributed by atoms with Gasteiger partial charge in [-0.1, -0.05) is 0 Å². The van der Waals surface area contributed by atoms with Crippen molar-refractivity contribution < 1.29 is 0 Å². The van der Waals surface area contributed by atoms with E-state index >= 15 is 0 Å². The van der Waals surface area contributed by atoms with Crippen molar-refractivity contribution in [3.63, 3.8) is 0 Å². The van der Waals surface area contributed by atoms with Gasteiger partial charge in [0.15, 0.2) is 0 Å². The molecule has 0 spiro atoms.